The molecule has 124 valence electrons. The smallest absolute Gasteiger partial charge is 0.187 e. The number of rotatable bonds is 6. The number of aromatic nitrogens is 1. The summed E-state index contributed by atoms with van der Waals surface area (Å²) >= 11 is 5.08. The monoisotopic (exact) mass is 401 g/mol. The molecular formula is C19H20BrN3S. The Morgan fingerprint density at radius 2 is 1.67 bits per heavy atom. The first kappa shape index (κ1) is 17.0. The van der Waals surface area contributed by atoms with Crippen LogP contribution in [0.1, 0.15) is 13.8 Å². The predicted octanol–water partition coefficient (Wildman–Crippen LogP) is 6.16. The van der Waals surface area contributed by atoms with Gasteiger partial charge in [0.25, 0.3) is 0 Å². The molecule has 24 heavy (non-hydrogen) atoms. The van der Waals surface area contributed by atoms with Gasteiger partial charge in [0.2, 0.25) is 0 Å². The summed E-state index contributed by atoms with van der Waals surface area (Å²) in [4.78, 5) is 7.01. The molecule has 0 fully saturated rings. The first-order valence-corrected chi connectivity index (χ1v) is 9.70. The van der Waals surface area contributed by atoms with E-state index in [0.717, 1.165) is 39.6 Å². The van der Waals surface area contributed by atoms with E-state index in [-0.39, 0.29) is 0 Å². The summed E-state index contributed by atoms with van der Waals surface area (Å²) in [6.07, 6.45) is 0. The fraction of sp³-hybridized carbons (Fsp3) is 0.211. The van der Waals surface area contributed by atoms with Gasteiger partial charge in [-0.2, -0.15) is 0 Å². The quantitative estimate of drug-likeness (QED) is 0.535. The van der Waals surface area contributed by atoms with Gasteiger partial charge in [0.1, 0.15) is 0 Å². The molecule has 0 unspecified atom stereocenters. The highest BCUT2D eigenvalue weighted by Crippen LogP contribution is 2.28. The maximum absolute atomic E-state index is 4.68. The molecule has 0 atom stereocenters. The molecule has 0 amide bonds. The highest BCUT2D eigenvalue weighted by molar-refractivity contribution is 9.10. The van der Waals surface area contributed by atoms with Gasteiger partial charge in [-0.3, -0.25) is 0 Å². The molecule has 0 bridgehead atoms. The van der Waals surface area contributed by atoms with Crippen molar-refractivity contribution in [1.82, 2.24) is 4.98 Å². The van der Waals surface area contributed by atoms with Crippen LogP contribution >= 0.6 is 27.3 Å². The Labute approximate surface area is 155 Å². The topological polar surface area (TPSA) is 28.2 Å². The van der Waals surface area contributed by atoms with Crippen LogP contribution in [0.25, 0.3) is 11.3 Å². The van der Waals surface area contributed by atoms with Crippen LogP contribution in [0, 0.1) is 0 Å². The van der Waals surface area contributed by atoms with Gasteiger partial charge in [0.05, 0.1) is 5.69 Å². The standard InChI is InChI=1S/C19H20BrN3S/c1-3-23(4-2)17-11-9-16(10-12-17)21-19-22-18(13-24-19)14-5-7-15(20)8-6-14/h5-13H,3-4H2,1-2H3,(H,21,22). The van der Waals surface area contributed by atoms with Crippen LogP contribution in [-0.4, -0.2) is 18.1 Å². The average Bonchev–Trinajstić information content (AvgIpc) is 3.06. The molecule has 3 rings (SSSR count). The largest absolute Gasteiger partial charge is 0.372 e. The van der Waals surface area contributed by atoms with Crippen molar-refractivity contribution in [2.75, 3.05) is 23.3 Å². The van der Waals surface area contributed by atoms with Crippen LogP contribution in [0.3, 0.4) is 0 Å². The van der Waals surface area contributed by atoms with Crippen LogP contribution in [0.15, 0.2) is 58.4 Å². The van der Waals surface area contributed by atoms with E-state index in [0.29, 0.717) is 0 Å². The maximum atomic E-state index is 4.68. The highest BCUT2D eigenvalue weighted by atomic mass is 79.9. The third-order valence-electron chi connectivity index (χ3n) is 3.89. The lowest BCUT2D eigenvalue weighted by molar-refractivity contribution is 0.866. The van der Waals surface area contributed by atoms with Gasteiger partial charge >= 0.3 is 0 Å². The molecule has 0 aliphatic heterocycles. The van der Waals surface area contributed by atoms with Crippen molar-refractivity contribution in [2.24, 2.45) is 0 Å². The minimum atomic E-state index is 0.906. The van der Waals surface area contributed by atoms with Gasteiger partial charge in [0.15, 0.2) is 5.13 Å². The van der Waals surface area contributed by atoms with Crippen molar-refractivity contribution in [3.8, 4) is 11.3 Å². The molecule has 1 heterocycles. The fourth-order valence-corrected chi connectivity index (χ4v) is 3.56. The Hall–Kier alpha value is -1.85. The van der Waals surface area contributed by atoms with Crippen LogP contribution in [-0.2, 0) is 0 Å². The van der Waals surface area contributed by atoms with Gasteiger partial charge in [-0.05, 0) is 50.2 Å². The molecule has 0 spiro atoms. The van der Waals surface area contributed by atoms with Crippen LogP contribution in [0.5, 0.6) is 0 Å². The number of hydrogen-bond donors (Lipinski definition) is 1. The second-order valence-electron chi connectivity index (χ2n) is 5.39. The second kappa shape index (κ2) is 7.81. The van der Waals surface area contributed by atoms with Crippen LogP contribution in [0.4, 0.5) is 16.5 Å². The summed E-state index contributed by atoms with van der Waals surface area (Å²) in [6.45, 7) is 6.39. The molecule has 0 aliphatic rings. The predicted molar refractivity (Wildman–Crippen MR) is 109 cm³/mol. The Morgan fingerprint density at radius 3 is 2.29 bits per heavy atom. The third kappa shape index (κ3) is 3.97. The number of hydrogen-bond acceptors (Lipinski definition) is 4. The Bertz CT molecular complexity index is 777. The molecule has 0 saturated carbocycles. The summed E-state index contributed by atoms with van der Waals surface area (Å²) in [5.41, 5.74) is 4.43. The molecule has 3 aromatic rings. The van der Waals surface area contributed by atoms with E-state index in [1.54, 1.807) is 11.3 Å². The van der Waals surface area contributed by atoms with Crippen molar-refractivity contribution >= 4 is 43.8 Å². The second-order valence-corrected chi connectivity index (χ2v) is 7.16. The van der Waals surface area contributed by atoms with E-state index >= 15 is 0 Å². The number of nitrogens with zero attached hydrogens (tertiary/aromatic N) is 2. The Kier molecular flexibility index (Phi) is 5.53. The van der Waals surface area contributed by atoms with Crippen molar-refractivity contribution in [2.45, 2.75) is 13.8 Å². The molecule has 1 N–H and O–H groups in total. The van der Waals surface area contributed by atoms with E-state index in [1.807, 2.05) is 12.1 Å². The van der Waals surface area contributed by atoms with Crippen LogP contribution in [0.2, 0.25) is 0 Å². The zero-order valence-corrected chi connectivity index (χ0v) is 16.2. The summed E-state index contributed by atoms with van der Waals surface area (Å²) in [5.74, 6) is 0. The Balaban J connectivity index is 1.71. The minimum absolute atomic E-state index is 0.906. The lowest BCUT2D eigenvalue weighted by Crippen LogP contribution is -2.21. The summed E-state index contributed by atoms with van der Waals surface area (Å²) in [6, 6.07) is 16.7. The molecule has 3 nitrogen and oxygen atoms in total. The SMILES string of the molecule is CCN(CC)c1ccc(Nc2nc(-c3ccc(Br)cc3)cs2)cc1. The van der Waals surface area contributed by atoms with Gasteiger partial charge in [0, 0.05) is 39.9 Å². The van der Waals surface area contributed by atoms with Gasteiger partial charge in [-0.1, -0.05) is 28.1 Å². The van der Waals surface area contributed by atoms with E-state index < -0.39 is 0 Å². The third-order valence-corrected chi connectivity index (χ3v) is 5.18. The lowest BCUT2D eigenvalue weighted by atomic mass is 10.2. The van der Waals surface area contributed by atoms with Gasteiger partial charge in [-0.25, -0.2) is 4.98 Å². The van der Waals surface area contributed by atoms with E-state index in [9.17, 15) is 0 Å². The molecule has 1 aromatic heterocycles. The number of anilines is 3. The highest BCUT2D eigenvalue weighted by Gasteiger charge is 2.06. The van der Waals surface area contributed by atoms with E-state index in [2.05, 4.69) is 86.8 Å². The Morgan fingerprint density at radius 1 is 1.00 bits per heavy atom. The summed E-state index contributed by atoms with van der Waals surface area (Å²) < 4.78 is 1.08. The number of benzene rings is 2. The van der Waals surface area contributed by atoms with E-state index in [1.165, 1.54) is 5.69 Å². The average molecular weight is 402 g/mol. The maximum Gasteiger partial charge on any atom is 0.187 e. The van der Waals surface area contributed by atoms with Crippen molar-refractivity contribution < 1.29 is 0 Å². The summed E-state index contributed by atoms with van der Waals surface area (Å²) in [5, 5.41) is 6.37. The molecule has 2 aromatic carbocycles. The number of halogens is 1. The number of nitrogens with one attached hydrogen (secondary N) is 1. The van der Waals surface area contributed by atoms with Gasteiger partial charge in [-0.15, -0.1) is 11.3 Å². The molecule has 0 saturated heterocycles. The normalized spacial score (nSPS) is 10.6. The molecule has 0 aliphatic carbocycles. The van der Waals surface area contributed by atoms with Crippen molar-refractivity contribution in [3.05, 3.63) is 58.4 Å². The zero-order valence-electron chi connectivity index (χ0n) is 13.8. The number of thiazole rings is 1. The fourth-order valence-electron chi connectivity index (χ4n) is 2.55. The lowest BCUT2D eigenvalue weighted by Gasteiger charge is -2.21. The summed E-state index contributed by atoms with van der Waals surface area (Å²) in [7, 11) is 0. The zero-order chi connectivity index (χ0) is 16.9. The first-order valence-electron chi connectivity index (χ1n) is 8.03. The van der Waals surface area contributed by atoms with Crippen molar-refractivity contribution in [3.63, 3.8) is 0 Å². The molecule has 5 heteroatoms. The van der Waals surface area contributed by atoms with Crippen molar-refractivity contribution in [1.29, 1.82) is 0 Å². The van der Waals surface area contributed by atoms with Gasteiger partial charge < -0.3 is 10.2 Å². The first-order chi connectivity index (χ1) is 11.7. The molecular weight excluding hydrogens is 382 g/mol. The molecule has 0 radical (unpaired) electrons. The minimum Gasteiger partial charge on any atom is -0.372 e. The van der Waals surface area contributed by atoms with Crippen LogP contribution < -0.4 is 10.2 Å². The van der Waals surface area contributed by atoms with E-state index in [4.69, 9.17) is 0 Å².